The third-order valence-electron chi connectivity index (χ3n) is 3.72. The summed E-state index contributed by atoms with van der Waals surface area (Å²) >= 11 is 0. The Kier molecular flexibility index (Phi) is 11.4. The molecule has 0 bridgehead atoms. The van der Waals surface area contributed by atoms with E-state index in [1.807, 2.05) is 0 Å². The summed E-state index contributed by atoms with van der Waals surface area (Å²) < 4.78 is 0. The average molecular weight is 227 g/mol. The molecule has 1 nitrogen and oxygen atoms in total. The maximum atomic E-state index is 6.17. The molecule has 0 spiro atoms. The van der Waals surface area contributed by atoms with Crippen LogP contribution < -0.4 is 5.73 Å². The van der Waals surface area contributed by atoms with Crippen molar-refractivity contribution in [2.24, 2.45) is 11.7 Å². The summed E-state index contributed by atoms with van der Waals surface area (Å²) in [5, 5.41) is 0. The van der Waals surface area contributed by atoms with Crippen LogP contribution in [0.25, 0.3) is 0 Å². The van der Waals surface area contributed by atoms with Gasteiger partial charge in [0, 0.05) is 6.04 Å². The van der Waals surface area contributed by atoms with Crippen LogP contribution in [0.3, 0.4) is 0 Å². The summed E-state index contributed by atoms with van der Waals surface area (Å²) in [7, 11) is 0. The van der Waals surface area contributed by atoms with Crippen LogP contribution in [0.4, 0.5) is 0 Å². The quantitative estimate of drug-likeness (QED) is 0.500. The van der Waals surface area contributed by atoms with Crippen LogP contribution in [0.2, 0.25) is 0 Å². The lowest BCUT2D eigenvalue weighted by Crippen LogP contribution is -2.23. The van der Waals surface area contributed by atoms with Crippen LogP contribution in [0, 0.1) is 5.92 Å². The van der Waals surface area contributed by atoms with Crippen LogP contribution in [-0.4, -0.2) is 6.04 Å². The molecule has 0 saturated carbocycles. The molecule has 1 atom stereocenters. The topological polar surface area (TPSA) is 26.0 Å². The maximum Gasteiger partial charge on any atom is 0.00414 e. The molecule has 0 aliphatic carbocycles. The largest absolute Gasteiger partial charge is 0.328 e. The molecular formula is C15H33N. The first-order valence-electron chi connectivity index (χ1n) is 7.50. The fraction of sp³-hybridized carbons (Fsp3) is 1.00. The molecule has 0 radical (unpaired) electrons. The van der Waals surface area contributed by atoms with Gasteiger partial charge in [-0.05, 0) is 18.8 Å². The van der Waals surface area contributed by atoms with E-state index in [1.165, 1.54) is 64.2 Å². The van der Waals surface area contributed by atoms with Gasteiger partial charge in [-0.1, -0.05) is 72.1 Å². The Hall–Kier alpha value is -0.0400. The highest BCUT2D eigenvalue weighted by molar-refractivity contribution is 4.67. The molecule has 16 heavy (non-hydrogen) atoms. The normalized spacial score (nSPS) is 13.3. The average Bonchev–Trinajstić information content (AvgIpc) is 2.30. The van der Waals surface area contributed by atoms with E-state index in [4.69, 9.17) is 5.73 Å². The van der Waals surface area contributed by atoms with Gasteiger partial charge in [-0.2, -0.15) is 0 Å². The Labute approximate surface area is 103 Å². The monoisotopic (exact) mass is 227 g/mol. The molecule has 0 heterocycles. The molecule has 0 aromatic heterocycles. The Morgan fingerprint density at radius 3 is 1.94 bits per heavy atom. The van der Waals surface area contributed by atoms with Crippen molar-refractivity contribution in [2.75, 3.05) is 0 Å². The highest BCUT2D eigenvalue weighted by atomic mass is 14.6. The van der Waals surface area contributed by atoms with Gasteiger partial charge in [-0.3, -0.25) is 0 Å². The maximum absolute atomic E-state index is 6.17. The first-order valence-corrected chi connectivity index (χ1v) is 7.50. The number of rotatable bonds is 11. The van der Waals surface area contributed by atoms with Gasteiger partial charge in [0.1, 0.15) is 0 Å². The summed E-state index contributed by atoms with van der Waals surface area (Å²) in [6, 6.07) is 0.455. The highest BCUT2D eigenvalue weighted by Crippen LogP contribution is 2.17. The molecule has 1 unspecified atom stereocenters. The van der Waals surface area contributed by atoms with Crippen molar-refractivity contribution in [1.29, 1.82) is 0 Å². The van der Waals surface area contributed by atoms with Crippen molar-refractivity contribution in [3.05, 3.63) is 0 Å². The first kappa shape index (κ1) is 16.0. The van der Waals surface area contributed by atoms with Gasteiger partial charge < -0.3 is 5.73 Å². The standard InChI is InChI=1S/C15H33N/c1-4-7-8-9-10-11-12-15(16)13-14(5-2)6-3/h14-15H,4-13,16H2,1-3H3. The summed E-state index contributed by atoms with van der Waals surface area (Å²) in [6.07, 6.45) is 13.4. The number of hydrogen-bond donors (Lipinski definition) is 1. The molecule has 0 aliphatic rings. The van der Waals surface area contributed by atoms with E-state index in [0.717, 1.165) is 5.92 Å². The molecule has 0 aromatic carbocycles. The summed E-state index contributed by atoms with van der Waals surface area (Å²) in [6.45, 7) is 6.84. The van der Waals surface area contributed by atoms with Crippen molar-refractivity contribution < 1.29 is 0 Å². The van der Waals surface area contributed by atoms with E-state index in [0.29, 0.717) is 6.04 Å². The van der Waals surface area contributed by atoms with Crippen molar-refractivity contribution >= 4 is 0 Å². The van der Waals surface area contributed by atoms with E-state index in [-0.39, 0.29) is 0 Å². The summed E-state index contributed by atoms with van der Waals surface area (Å²) in [4.78, 5) is 0. The van der Waals surface area contributed by atoms with Gasteiger partial charge in [0.2, 0.25) is 0 Å². The third-order valence-corrected chi connectivity index (χ3v) is 3.72. The molecule has 0 aromatic rings. The summed E-state index contributed by atoms with van der Waals surface area (Å²) in [5.41, 5.74) is 6.17. The van der Waals surface area contributed by atoms with E-state index < -0.39 is 0 Å². The molecular weight excluding hydrogens is 194 g/mol. The number of nitrogens with two attached hydrogens (primary N) is 1. The third kappa shape index (κ3) is 9.21. The molecule has 1 heteroatoms. The molecule has 0 saturated heterocycles. The smallest absolute Gasteiger partial charge is 0.00414 e. The molecule has 98 valence electrons. The minimum absolute atomic E-state index is 0.455. The second-order valence-electron chi connectivity index (χ2n) is 5.23. The number of unbranched alkanes of at least 4 members (excludes halogenated alkanes) is 5. The lowest BCUT2D eigenvalue weighted by atomic mass is 9.92. The minimum atomic E-state index is 0.455. The van der Waals surface area contributed by atoms with Crippen LogP contribution in [0.5, 0.6) is 0 Å². The Morgan fingerprint density at radius 1 is 0.812 bits per heavy atom. The Balaban J connectivity index is 3.32. The van der Waals surface area contributed by atoms with Crippen molar-refractivity contribution in [1.82, 2.24) is 0 Å². The van der Waals surface area contributed by atoms with Crippen molar-refractivity contribution in [2.45, 2.75) is 91.0 Å². The lowest BCUT2D eigenvalue weighted by Gasteiger charge is -2.18. The fourth-order valence-electron chi connectivity index (χ4n) is 2.35. The lowest BCUT2D eigenvalue weighted by molar-refractivity contribution is 0.388. The second-order valence-corrected chi connectivity index (χ2v) is 5.23. The minimum Gasteiger partial charge on any atom is -0.328 e. The van der Waals surface area contributed by atoms with Gasteiger partial charge in [-0.25, -0.2) is 0 Å². The molecule has 2 N–H and O–H groups in total. The highest BCUT2D eigenvalue weighted by Gasteiger charge is 2.09. The molecule has 0 aliphatic heterocycles. The van der Waals surface area contributed by atoms with Crippen LogP contribution in [-0.2, 0) is 0 Å². The predicted molar refractivity (Wildman–Crippen MR) is 74.7 cm³/mol. The fourth-order valence-corrected chi connectivity index (χ4v) is 2.35. The van der Waals surface area contributed by atoms with E-state index >= 15 is 0 Å². The Morgan fingerprint density at radius 2 is 1.38 bits per heavy atom. The molecule has 0 fully saturated rings. The molecule has 0 rings (SSSR count). The Bertz CT molecular complexity index is 129. The van der Waals surface area contributed by atoms with Gasteiger partial charge in [-0.15, -0.1) is 0 Å². The van der Waals surface area contributed by atoms with Gasteiger partial charge in [0.15, 0.2) is 0 Å². The van der Waals surface area contributed by atoms with Gasteiger partial charge >= 0.3 is 0 Å². The SMILES string of the molecule is CCCCCCCCC(N)CC(CC)CC. The van der Waals surface area contributed by atoms with Crippen LogP contribution in [0.15, 0.2) is 0 Å². The van der Waals surface area contributed by atoms with Gasteiger partial charge in [0.25, 0.3) is 0 Å². The summed E-state index contributed by atoms with van der Waals surface area (Å²) in [5.74, 6) is 0.857. The number of hydrogen-bond acceptors (Lipinski definition) is 1. The zero-order chi connectivity index (χ0) is 12.2. The second kappa shape index (κ2) is 11.4. The van der Waals surface area contributed by atoms with Crippen LogP contribution in [0.1, 0.15) is 85.0 Å². The van der Waals surface area contributed by atoms with Crippen LogP contribution >= 0.6 is 0 Å². The zero-order valence-corrected chi connectivity index (χ0v) is 11.8. The zero-order valence-electron chi connectivity index (χ0n) is 11.8. The van der Waals surface area contributed by atoms with E-state index in [2.05, 4.69) is 20.8 Å². The first-order chi connectivity index (χ1) is 7.74. The van der Waals surface area contributed by atoms with E-state index in [9.17, 15) is 0 Å². The van der Waals surface area contributed by atoms with Gasteiger partial charge in [0.05, 0.1) is 0 Å². The van der Waals surface area contributed by atoms with Crippen molar-refractivity contribution in [3.63, 3.8) is 0 Å². The van der Waals surface area contributed by atoms with Crippen molar-refractivity contribution in [3.8, 4) is 0 Å². The predicted octanol–water partition coefficient (Wildman–Crippen LogP) is 4.89. The van der Waals surface area contributed by atoms with E-state index in [1.54, 1.807) is 0 Å². The molecule has 0 amide bonds.